The minimum Gasteiger partial charge on any atom is -0.325 e. The quantitative estimate of drug-likeness (QED) is 0.582. The van der Waals surface area contributed by atoms with Gasteiger partial charge in [0, 0.05) is 25.5 Å². The average molecular weight is 443 g/mol. The van der Waals surface area contributed by atoms with Crippen LogP contribution in [0.3, 0.4) is 0 Å². The molecule has 0 spiro atoms. The molecule has 0 atom stereocenters. The van der Waals surface area contributed by atoms with Gasteiger partial charge in [0.2, 0.25) is 15.9 Å². The van der Waals surface area contributed by atoms with Crippen molar-refractivity contribution >= 4 is 44.2 Å². The number of rotatable bonds is 7. The van der Waals surface area contributed by atoms with Gasteiger partial charge in [-0.15, -0.1) is 11.8 Å². The van der Waals surface area contributed by atoms with E-state index in [0.717, 1.165) is 16.9 Å². The molecule has 1 N–H and O–H groups in total. The van der Waals surface area contributed by atoms with Crippen molar-refractivity contribution in [3.05, 3.63) is 71.3 Å². The number of thioether (sulfide) groups is 1. The number of anilines is 1. The van der Waals surface area contributed by atoms with Crippen molar-refractivity contribution in [3.8, 4) is 0 Å². The van der Waals surface area contributed by atoms with Crippen LogP contribution in [0.5, 0.6) is 0 Å². The normalized spacial score (nSPS) is 11.8. The van der Waals surface area contributed by atoms with Crippen LogP contribution in [0.1, 0.15) is 16.7 Å². The first-order valence-electron chi connectivity index (χ1n) is 9.58. The van der Waals surface area contributed by atoms with E-state index in [1.807, 2.05) is 32.0 Å². The lowest BCUT2D eigenvalue weighted by atomic mass is 10.1. The topological polar surface area (TPSA) is 66.5 Å². The van der Waals surface area contributed by atoms with Crippen molar-refractivity contribution in [2.45, 2.75) is 24.5 Å². The van der Waals surface area contributed by atoms with Gasteiger partial charge in [0.25, 0.3) is 0 Å². The highest BCUT2D eigenvalue weighted by Crippen LogP contribution is 2.26. The maximum Gasteiger partial charge on any atom is 0.242 e. The summed E-state index contributed by atoms with van der Waals surface area (Å²) in [6.45, 7) is 3.72. The number of carbonyl (C=O) groups excluding carboxylic acids is 1. The molecule has 0 aliphatic heterocycles. The van der Waals surface area contributed by atoms with Crippen LogP contribution in [0, 0.1) is 13.8 Å². The Morgan fingerprint density at radius 3 is 2.47 bits per heavy atom. The van der Waals surface area contributed by atoms with E-state index in [-0.39, 0.29) is 16.6 Å². The van der Waals surface area contributed by atoms with E-state index in [0.29, 0.717) is 5.69 Å². The number of sulfonamides is 1. The molecule has 0 aliphatic carbocycles. The molecule has 30 heavy (non-hydrogen) atoms. The molecule has 1 amide bonds. The van der Waals surface area contributed by atoms with Crippen molar-refractivity contribution in [2.75, 3.05) is 25.2 Å². The van der Waals surface area contributed by atoms with Crippen molar-refractivity contribution in [1.82, 2.24) is 4.31 Å². The first-order chi connectivity index (χ1) is 14.2. The summed E-state index contributed by atoms with van der Waals surface area (Å²) >= 11 is 1.53. The van der Waals surface area contributed by atoms with Gasteiger partial charge in [-0.05, 0) is 53.4 Å². The summed E-state index contributed by atoms with van der Waals surface area (Å²) in [6.07, 6.45) is 0. The summed E-state index contributed by atoms with van der Waals surface area (Å²) in [4.78, 5) is 12.7. The van der Waals surface area contributed by atoms with Gasteiger partial charge in [0.15, 0.2) is 0 Å². The molecule has 158 valence electrons. The number of hydrogen-bond acceptors (Lipinski definition) is 4. The van der Waals surface area contributed by atoms with Crippen LogP contribution in [0.25, 0.3) is 10.8 Å². The zero-order chi connectivity index (χ0) is 21.9. The predicted molar refractivity (Wildman–Crippen MR) is 126 cm³/mol. The van der Waals surface area contributed by atoms with Crippen LogP contribution < -0.4 is 5.32 Å². The molecule has 3 rings (SSSR count). The summed E-state index contributed by atoms with van der Waals surface area (Å²) in [5, 5.41) is 5.26. The Bertz CT molecular complexity index is 1180. The summed E-state index contributed by atoms with van der Waals surface area (Å²) in [5.74, 6) is 0.857. The van der Waals surface area contributed by atoms with Gasteiger partial charge in [0.1, 0.15) is 0 Å². The first-order valence-corrected chi connectivity index (χ1v) is 12.2. The van der Waals surface area contributed by atoms with E-state index in [4.69, 9.17) is 0 Å². The number of carbonyl (C=O) groups is 1. The van der Waals surface area contributed by atoms with Gasteiger partial charge in [-0.3, -0.25) is 4.79 Å². The van der Waals surface area contributed by atoms with Crippen molar-refractivity contribution in [3.63, 3.8) is 0 Å². The lowest BCUT2D eigenvalue weighted by Crippen LogP contribution is -2.23. The Morgan fingerprint density at radius 2 is 1.73 bits per heavy atom. The zero-order valence-electron chi connectivity index (χ0n) is 17.6. The van der Waals surface area contributed by atoms with Gasteiger partial charge >= 0.3 is 0 Å². The van der Waals surface area contributed by atoms with Crippen molar-refractivity contribution < 1.29 is 13.2 Å². The van der Waals surface area contributed by atoms with Gasteiger partial charge in [-0.25, -0.2) is 12.7 Å². The summed E-state index contributed by atoms with van der Waals surface area (Å²) in [5.41, 5.74) is 3.40. The second-order valence-corrected chi connectivity index (χ2v) is 10.5. The molecular formula is C23H26N2O3S2. The van der Waals surface area contributed by atoms with Gasteiger partial charge in [-0.1, -0.05) is 42.5 Å². The minimum absolute atomic E-state index is 0.151. The fourth-order valence-electron chi connectivity index (χ4n) is 3.17. The summed E-state index contributed by atoms with van der Waals surface area (Å²) < 4.78 is 26.1. The average Bonchev–Trinajstić information content (AvgIpc) is 2.71. The molecule has 3 aromatic rings. The number of hydrogen-bond donors (Lipinski definition) is 1. The molecule has 0 heterocycles. The molecule has 0 unspecified atom stereocenters. The number of nitrogens with one attached hydrogen (secondary N) is 1. The number of amides is 1. The molecule has 0 aromatic heterocycles. The second kappa shape index (κ2) is 9.20. The smallest absolute Gasteiger partial charge is 0.242 e. The Balaban J connectivity index is 1.70. The van der Waals surface area contributed by atoms with Crippen LogP contribution in [-0.4, -0.2) is 38.5 Å². The third-order valence-corrected chi connectivity index (χ3v) is 7.84. The molecule has 0 radical (unpaired) electrons. The van der Waals surface area contributed by atoms with Crippen molar-refractivity contribution in [1.29, 1.82) is 0 Å². The molecule has 0 fully saturated rings. The Morgan fingerprint density at radius 1 is 1.03 bits per heavy atom. The standard InChI is InChI=1S/C23H26N2O3S2/c1-16-12-20(30(27,28)25(3)4)13-22(17(16)2)24-23(26)15-29-14-19-10-7-9-18-8-5-6-11-21(18)19/h5-13H,14-15H2,1-4H3,(H,24,26). The molecule has 0 aliphatic rings. The minimum atomic E-state index is -3.57. The van der Waals surface area contributed by atoms with E-state index < -0.39 is 10.0 Å². The lowest BCUT2D eigenvalue weighted by Gasteiger charge is -2.16. The Labute approximate surface area is 182 Å². The van der Waals surface area contributed by atoms with Crippen LogP contribution in [0.2, 0.25) is 0 Å². The molecule has 0 saturated heterocycles. The van der Waals surface area contributed by atoms with E-state index >= 15 is 0 Å². The number of aryl methyl sites for hydroxylation is 1. The SMILES string of the molecule is Cc1cc(S(=O)(=O)N(C)C)cc(NC(=O)CSCc2cccc3ccccc23)c1C. The maximum atomic E-state index is 12.5. The monoisotopic (exact) mass is 442 g/mol. The van der Waals surface area contributed by atoms with E-state index in [1.165, 1.54) is 52.6 Å². The summed E-state index contributed by atoms with van der Waals surface area (Å²) in [6, 6.07) is 17.6. The first kappa shape index (κ1) is 22.3. The highest BCUT2D eigenvalue weighted by Gasteiger charge is 2.20. The third kappa shape index (κ3) is 4.86. The van der Waals surface area contributed by atoms with Crippen LogP contribution in [0.15, 0.2) is 59.5 Å². The highest BCUT2D eigenvalue weighted by molar-refractivity contribution is 7.99. The van der Waals surface area contributed by atoms with E-state index in [2.05, 4.69) is 29.6 Å². The largest absolute Gasteiger partial charge is 0.325 e. The predicted octanol–water partition coefficient (Wildman–Crippen LogP) is 4.58. The molecule has 3 aromatic carbocycles. The maximum absolute atomic E-state index is 12.5. The summed E-state index contributed by atoms with van der Waals surface area (Å²) in [7, 11) is -0.586. The number of nitrogens with zero attached hydrogens (tertiary/aromatic N) is 1. The van der Waals surface area contributed by atoms with Crippen molar-refractivity contribution in [2.24, 2.45) is 0 Å². The highest BCUT2D eigenvalue weighted by atomic mass is 32.2. The van der Waals surface area contributed by atoms with Crippen LogP contribution in [0.4, 0.5) is 5.69 Å². The molecule has 7 heteroatoms. The fraction of sp³-hybridized carbons (Fsp3) is 0.261. The molecule has 0 bridgehead atoms. The van der Waals surface area contributed by atoms with E-state index in [9.17, 15) is 13.2 Å². The second-order valence-electron chi connectivity index (χ2n) is 7.38. The fourth-order valence-corrected chi connectivity index (χ4v) is 5.02. The van der Waals surface area contributed by atoms with E-state index in [1.54, 1.807) is 6.07 Å². The van der Waals surface area contributed by atoms with Crippen LogP contribution >= 0.6 is 11.8 Å². The van der Waals surface area contributed by atoms with Gasteiger partial charge in [0.05, 0.1) is 10.6 Å². The number of fused-ring (bicyclic) bond motifs is 1. The third-order valence-electron chi connectivity index (χ3n) is 5.06. The molecular weight excluding hydrogens is 416 g/mol. The Hall–Kier alpha value is -2.35. The van der Waals surface area contributed by atoms with Crippen LogP contribution in [-0.2, 0) is 20.6 Å². The zero-order valence-corrected chi connectivity index (χ0v) is 19.2. The molecule has 5 nitrogen and oxygen atoms in total. The lowest BCUT2D eigenvalue weighted by molar-refractivity contribution is -0.113. The number of benzene rings is 3. The molecule has 0 saturated carbocycles. The Kier molecular flexibility index (Phi) is 6.85. The van der Waals surface area contributed by atoms with Gasteiger partial charge < -0.3 is 5.32 Å². The van der Waals surface area contributed by atoms with Gasteiger partial charge in [-0.2, -0.15) is 0 Å².